The highest BCUT2D eigenvalue weighted by Crippen LogP contribution is 2.36. The van der Waals surface area contributed by atoms with Gasteiger partial charge in [0.15, 0.2) is 0 Å². The van der Waals surface area contributed by atoms with Gasteiger partial charge in [0.2, 0.25) is 0 Å². The summed E-state index contributed by atoms with van der Waals surface area (Å²) in [5.74, 6) is -0.731. The summed E-state index contributed by atoms with van der Waals surface area (Å²) < 4.78 is 73.6. The number of fused-ring (bicyclic) bond motifs is 1. The van der Waals surface area contributed by atoms with E-state index in [4.69, 9.17) is 27.9 Å². The largest absolute Gasteiger partial charge is 0.465 e. The van der Waals surface area contributed by atoms with Gasteiger partial charge in [0.25, 0.3) is 10.0 Å². The van der Waals surface area contributed by atoms with Crippen LogP contribution < -0.4 is 0 Å². The van der Waals surface area contributed by atoms with Crippen LogP contribution in [0.25, 0.3) is 10.9 Å². The second-order valence-corrected chi connectivity index (χ2v) is 10.4. The Hall–Kier alpha value is -3.08. The molecule has 0 saturated carbocycles. The molecule has 0 aliphatic rings. The molecule has 2 aromatic carbocycles. The minimum absolute atomic E-state index is 0.00403. The first-order valence-corrected chi connectivity index (χ1v) is 12.5. The molecule has 36 heavy (non-hydrogen) atoms. The standard InChI is InChI=1S/C24H17Cl2F3N2O4S/c1-13-17-10-14(11-18-19(25)9-8-16(22(18)26)23(32)35-2)31(20(17)12-21(30-13)24(27,28)29)36(33,34)15-6-4-3-5-7-15/h3-10,12H,11H2,1-2H3. The molecule has 2 aromatic heterocycles. The van der Waals surface area contributed by atoms with E-state index >= 15 is 0 Å². The summed E-state index contributed by atoms with van der Waals surface area (Å²) in [5, 5.41) is 0.273. The number of benzene rings is 2. The van der Waals surface area contributed by atoms with Gasteiger partial charge in [-0.25, -0.2) is 22.2 Å². The van der Waals surface area contributed by atoms with Crippen molar-refractivity contribution in [3.8, 4) is 0 Å². The Balaban J connectivity index is 2.04. The average Bonchev–Trinajstić information content (AvgIpc) is 3.21. The molecule has 0 bridgehead atoms. The van der Waals surface area contributed by atoms with Crippen LogP contribution in [0.1, 0.15) is 33.0 Å². The molecule has 0 saturated heterocycles. The molecule has 0 amide bonds. The number of aryl methyl sites for hydroxylation is 1. The van der Waals surface area contributed by atoms with Gasteiger partial charge in [-0.3, -0.25) is 0 Å². The van der Waals surface area contributed by atoms with Crippen molar-refractivity contribution in [1.29, 1.82) is 0 Å². The van der Waals surface area contributed by atoms with E-state index < -0.39 is 27.9 Å². The maximum absolute atomic E-state index is 13.7. The van der Waals surface area contributed by atoms with Gasteiger partial charge in [-0.15, -0.1) is 0 Å². The predicted octanol–water partition coefficient (Wildman–Crippen LogP) is 6.28. The number of aromatic nitrogens is 2. The van der Waals surface area contributed by atoms with Crippen molar-refractivity contribution >= 4 is 50.1 Å². The van der Waals surface area contributed by atoms with Gasteiger partial charge in [-0.05, 0) is 48.9 Å². The number of hydrogen-bond donors (Lipinski definition) is 0. The van der Waals surface area contributed by atoms with Crippen molar-refractivity contribution in [2.24, 2.45) is 0 Å². The summed E-state index contributed by atoms with van der Waals surface area (Å²) in [6.45, 7) is 1.36. The molecule has 0 radical (unpaired) electrons. The van der Waals surface area contributed by atoms with Crippen molar-refractivity contribution in [3.63, 3.8) is 0 Å². The Morgan fingerprint density at radius 1 is 1.08 bits per heavy atom. The molecule has 6 nitrogen and oxygen atoms in total. The predicted molar refractivity (Wildman–Crippen MR) is 129 cm³/mol. The number of pyridine rings is 1. The number of halogens is 5. The van der Waals surface area contributed by atoms with Crippen LogP contribution in [0.5, 0.6) is 0 Å². The number of alkyl halides is 3. The van der Waals surface area contributed by atoms with E-state index in [1.54, 1.807) is 6.07 Å². The summed E-state index contributed by atoms with van der Waals surface area (Å²) in [4.78, 5) is 15.6. The van der Waals surface area contributed by atoms with Crippen LogP contribution in [0.4, 0.5) is 13.2 Å². The first-order chi connectivity index (χ1) is 16.9. The molecule has 0 atom stereocenters. The zero-order valence-electron chi connectivity index (χ0n) is 18.7. The number of nitrogens with zero attached hydrogens (tertiary/aromatic N) is 2. The van der Waals surface area contributed by atoms with Gasteiger partial charge in [-0.2, -0.15) is 13.2 Å². The molecule has 0 spiro atoms. The Bertz CT molecular complexity index is 1600. The molecule has 12 heteroatoms. The fraction of sp³-hybridized carbons (Fsp3) is 0.167. The third-order valence-electron chi connectivity index (χ3n) is 5.54. The van der Waals surface area contributed by atoms with E-state index in [0.29, 0.717) is 6.07 Å². The number of carbonyl (C=O) groups is 1. The Kier molecular flexibility index (Phi) is 6.80. The second kappa shape index (κ2) is 9.42. The molecule has 4 aromatic rings. The molecule has 0 unspecified atom stereocenters. The van der Waals surface area contributed by atoms with Crippen LogP contribution in [0, 0.1) is 6.92 Å². The fourth-order valence-electron chi connectivity index (χ4n) is 3.85. The summed E-state index contributed by atoms with van der Waals surface area (Å²) in [5.41, 5.74) is -1.16. The third-order valence-corrected chi connectivity index (χ3v) is 8.10. The molecular weight excluding hydrogens is 540 g/mol. The Labute approximate surface area is 214 Å². The van der Waals surface area contributed by atoms with E-state index in [0.717, 1.165) is 3.97 Å². The van der Waals surface area contributed by atoms with E-state index in [1.807, 2.05) is 0 Å². The molecule has 0 fully saturated rings. The Morgan fingerprint density at radius 2 is 1.75 bits per heavy atom. The molecular formula is C24H17Cl2F3N2O4S. The normalized spacial score (nSPS) is 12.2. The van der Waals surface area contributed by atoms with Crippen molar-refractivity contribution in [3.05, 3.63) is 92.9 Å². The lowest BCUT2D eigenvalue weighted by Crippen LogP contribution is -2.17. The molecule has 188 valence electrons. The average molecular weight is 557 g/mol. The Morgan fingerprint density at radius 3 is 2.36 bits per heavy atom. The first kappa shape index (κ1) is 26.0. The number of ether oxygens (including phenoxy) is 1. The van der Waals surface area contributed by atoms with Crippen molar-refractivity contribution < 1.29 is 31.1 Å². The molecule has 4 rings (SSSR count). The lowest BCUT2D eigenvalue weighted by atomic mass is 10.1. The highest BCUT2D eigenvalue weighted by molar-refractivity contribution is 7.90. The number of rotatable bonds is 5. The fourth-order valence-corrected chi connectivity index (χ4v) is 5.98. The zero-order valence-corrected chi connectivity index (χ0v) is 21.1. The van der Waals surface area contributed by atoms with Crippen LogP contribution >= 0.6 is 23.2 Å². The number of hydrogen-bond acceptors (Lipinski definition) is 5. The number of esters is 1. The van der Waals surface area contributed by atoms with Crippen LogP contribution in [0.15, 0.2) is 59.5 Å². The minimum atomic E-state index is -4.80. The van der Waals surface area contributed by atoms with Crippen molar-refractivity contribution in [2.45, 2.75) is 24.4 Å². The molecule has 2 heterocycles. The van der Waals surface area contributed by atoms with Crippen LogP contribution in [-0.4, -0.2) is 30.5 Å². The lowest BCUT2D eigenvalue weighted by molar-refractivity contribution is -0.141. The van der Waals surface area contributed by atoms with E-state index in [-0.39, 0.29) is 54.8 Å². The first-order valence-electron chi connectivity index (χ1n) is 10.3. The summed E-state index contributed by atoms with van der Waals surface area (Å²) in [6.07, 6.45) is -5.02. The van der Waals surface area contributed by atoms with Crippen molar-refractivity contribution in [2.75, 3.05) is 7.11 Å². The summed E-state index contributed by atoms with van der Waals surface area (Å²) in [7, 11) is -3.19. The smallest absolute Gasteiger partial charge is 0.433 e. The van der Waals surface area contributed by atoms with Gasteiger partial charge in [0, 0.05) is 28.2 Å². The van der Waals surface area contributed by atoms with Crippen LogP contribution in [0.2, 0.25) is 10.0 Å². The number of carbonyl (C=O) groups excluding carboxylic acids is 1. The van der Waals surface area contributed by atoms with Crippen LogP contribution in [-0.2, 0) is 27.4 Å². The van der Waals surface area contributed by atoms with Crippen LogP contribution in [0.3, 0.4) is 0 Å². The third kappa shape index (κ3) is 4.56. The van der Waals surface area contributed by atoms with Gasteiger partial charge in [0.05, 0.1) is 28.1 Å². The van der Waals surface area contributed by atoms with Gasteiger partial charge in [-0.1, -0.05) is 41.4 Å². The SMILES string of the molecule is COC(=O)c1ccc(Cl)c(Cc2cc3c(C)nc(C(F)(F)F)cc3n2S(=O)(=O)c2ccccc2)c1Cl. The van der Waals surface area contributed by atoms with E-state index in [1.165, 1.54) is 56.5 Å². The molecule has 0 aliphatic heterocycles. The molecule has 0 aliphatic carbocycles. The lowest BCUT2D eigenvalue weighted by Gasteiger charge is -2.15. The summed E-state index contributed by atoms with van der Waals surface area (Å²) in [6, 6.07) is 12.2. The topological polar surface area (TPSA) is 78.3 Å². The van der Waals surface area contributed by atoms with E-state index in [9.17, 15) is 26.4 Å². The number of methoxy groups -OCH3 is 1. The minimum Gasteiger partial charge on any atom is -0.465 e. The van der Waals surface area contributed by atoms with E-state index in [2.05, 4.69) is 4.98 Å². The molecule has 0 N–H and O–H groups in total. The second-order valence-electron chi connectivity index (χ2n) is 7.80. The monoisotopic (exact) mass is 556 g/mol. The maximum Gasteiger partial charge on any atom is 0.433 e. The van der Waals surface area contributed by atoms with Gasteiger partial charge < -0.3 is 4.74 Å². The highest BCUT2D eigenvalue weighted by atomic mass is 35.5. The van der Waals surface area contributed by atoms with Gasteiger partial charge >= 0.3 is 12.1 Å². The zero-order chi connectivity index (χ0) is 26.4. The van der Waals surface area contributed by atoms with Gasteiger partial charge in [0.1, 0.15) is 5.69 Å². The summed E-state index contributed by atoms with van der Waals surface area (Å²) >= 11 is 12.8. The quantitative estimate of drug-likeness (QED) is 0.270. The highest BCUT2D eigenvalue weighted by Gasteiger charge is 2.35. The maximum atomic E-state index is 13.7. The van der Waals surface area contributed by atoms with Crippen molar-refractivity contribution in [1.82, 2.24) is 8.96 Å².